The van der Waals surface area contributed by atoms with Crippen LogP contribution in [-0.2, 0) is 16.4 Å². The summed E-state index contributed by atoms with van der Waals surface area (Å²) < 4.78 is 28.2. The van der Waals surface area contributed by atoms with Gasteiger partial charge in [0.2, 0.25) is 0 Å². The van der Waals surface area contributed by atoms with E-state index in [2.05, 4.69) is 27.3 Å². The van der Waals surface area contributed by atoms with Gasteiger partial charge in [0.15, 0.2) is 0 Å². The molecule has 8 nitrogen and oxygen atoms in total. The number of anilines is 2. The number of aryl methyl sites for hydroxylation is 1. The summed E-state index contributed by atoms with van der Waals surface area (Å²) in [6, 6.07) is 18.5. The number of rotatable bonds is 11. The number of hydrogen-bond acceptors (Lipinski definition) is 6. The highest BCUT2D eigenvalue weighted by Crippen LogP contribution is 2.18. The number of aromatic nitrogens is 1. The molecule has 1 amide bonds. The monoisotopic (exact) mass is 477 g/mol. The van der Waals surface area contributed by atoms with Crippen molar-refractivity contribution in [3.05, 3.63) is 83.6 Å². The Balaban J connectivity index is 1.58. The number of nitrogens with one attached hydrogen (secondary N) is 3. The molecular weight excluding hydrogens is 450 g/mol. The van der Waals surface area contributed by atoms with Crippen molar-refractivity contribution in [3.63, 3.8) is 0 Å². The predicted octanol–water partition coefficient (Wildman–Crippen LogP) is 3.94. The lowest BCUT2D eigenvalue weighted by molar-refractivity contribution is 0.0955. The highest BCUT2D eigenvalue weighted by atomic mass is 32.2. The molecule has 3 N–H and O–H groups in total. The van der Waals surface area contributed by atoms with Gasteiger partial charge in [-0.25, -0.2) is 13.4 Å². The fraction of sp³-hybridized carbons (Fsp3) is 0.240. The van der Waals surface area contributed by atoms with Crippen LogP contribution in [0, 0.1) is 11.3 Å². The Morgan fingerprint density at radius 3 is 2.59 bits per heavy atom. The normalized spacial score (nSPS) is 10.8. The maximum atomic E-state index is 12.8. The molecule has 0 radical (unpaired) electrons. The van der Waals surface area contributed by atoms with E-state index in [4.69, 9.17) is 5.26 Å². The van der Waals surface area contributed by atoms with Crippen LogP contribution in [0.4, 0.5) is 11.5 Å². The number of amides is 1. The Labute approximate surface area is 200 Å². The maximum absolute atomic E-state index is 12.8. The zero-order chi connectivity index (χ0) is 24.4. The minimum atomic E-state index is -3.85. The van der Waals surface area contributed by atoms with Gasteiger partial charge in [-0.15, -0.1) is 0 Å². The molecular formula is C25H27N5O3S. The fourth-order valence-corrected chi connectivity index (χ4v) is 4.34. The average Bonchev–Trinajstić information content (AvgIpc) is 2.86. The largest absolute Gasteiger partial charge is 0.367 e. The second-order valence-electron chi connectivity index (χ2n) is 7.63. The summed E-state index contributed by atoms with van der Waals surface area (Å²) in [6.07, 6.45) is 4.71. The second-order valence-corrected chi connectivity index (χ2v) is 9.31. The maximum Gasteiger partial charge on any atom is 0.261 e. The lowest BCUT2D eigenvalue weighted by Crippen LogP contribution is -2.29. The number of pyridine rings is 1. The number of benzene rings is 2. The molecule has 0 atom stereocenters. The number of unbranched alkanes of at least 4 members (excludes halogenated alkanes) is 1. The van der Waals surface area contributed by atoms with Crippen LogP contribution in [-0.4, -0.2) is 32.4 Å². The van der Waals surface area contributed by atoms with Gasteiger partial charge in [0.1, 0.15) is 11.9 Å². The zero-order valence-corrected chi connectivity index (χ0v) is 19.7. The summed E-state index contributed by atoms with van der Waals surface area (Å²) in [5.74, 6) is 0.0393. The van der Waals surface area contributed by atoms with E-state index in [1.54, 1.807) is 36.5 Å². The molecule has 3 rings (SSSR count). The van der Waals surface area contributed by atoms with E-state index in [1.807, 2.05) is 18.2 Å². The van der Waals surface area contributed by atoms with E-state index in [0.717, 1.165) is 24.8 Å². The molecule has 0 aliphatic heterocycles. The molecule has 2 aromatic carbocycles. The number of nitriles is 1. The van der Waals surface area contributed by atoms with E-state index in [9.17, 15) is 13.2 Å². The van der Waals surface area contributed by atoms with Crippen molar-refractivity contribution < 1.29 is 13.2 Å². The molecule has 0 bridgehead atoms. The summed E-state index contributed by atoms with van der Waals surface area (Å²) in [5.41, 5.74) is 2.26. The van der Waals surface area contributed by atoms with E-state index in [-0.39, 0.29) is 17.0 Å². The van der Waals surface area contributed by atoms with Gasteiger partial charge in [0.05, 0.1) is 10.5 Å². The van der Waals surface area contributed by atoms with Crippen LogP contribution in [0.2, 0.25) is 0 Å². The van der Waals surface area contributed by atoms with Crippen LogP contribution in [0.5, 0.6) is 0 Å². The van der Waals surface area contributed by atoms with Crippen LogP contribution in [0.3, 0.4) is 0 Å². The quantitative estimate of drug-likeness (QED) is 0.359. The molecule has 0 unspecified atom stereocenters. The smallest absolute Gasteiger partial charge is 0.261 e. The van der Waals surface area contributed by atoms with E-state index >= 15 is 0 Å². The number of carbonyl (C=O) groups is 1. The van der Waals surface area contributed by atoms with Gasteiger partial charge >= 0.3 is 0 Å². The van der Waals surface area contributed by atoms with Crippen LogP contribution < -0.4 is 15.4 Å². The van der Waals surface area contributed by atoms with Crippen molar-refractivity contribution in [1.29, 1.82) is 5.26 Å². The molecule has 0 aliphatic rings. The molecule has 0 saturated carbocycles. The van der Waals surface area contributed by atoms with Gasteiger partial charge in [-0.1, -0.05) is 31.5 Å². The summed E-state index contributed by atoms with van der Waals surface area (Å²) in [7, 11) is -3.85. The number of sulfonamides is 1. The standard InChI is InChI=1S/C25H27N5O3S/c1-2-3-6-19-10-12-22(13-11-19)30-34(32,33)23-9-4-7-20(17-23)25(31)29-16-15-28-24-21(18-26)8-5-14-27-24/h4-5,7-14,17,30H,2-3,6,15-16H2,1H3,(H,27,28)(H,29,31). The van der Waals surface area contributed by atoms with Crippen molar-refractivity contribution in [3.8, 4) is 6.07 Å². The van der Waals surface area contributed by atoms with Gasteiger partial charge in [-0.2, -0.15) is 5.26 Å². The summed E-state index contributed by atoms with van der Waals surface area (Å²) in [6.45, 7) is 2.74. The first-order chi connectivity index (χ1) is 16.4. The van der Waals surface area contributed by atoms with Gasteiger partial charge in [-0.05, 0) is 60.9 Å². The zero-order valence-electron chi connectivity index (χ0n) is 18.9. The average molecular weight is 478 g/mol. The molecule has 0 spiro atoms. The van der Waals surface area contributed by atoms with Crippen molar-refractivity contribution in [2.45, 2.75) is 31.1 Å². The second kappa shape index (κ2) is 11.8. The Kier molecular flexibility index (Phi) is 8.60. The van der Waals surface area contributed by atoms with Crippen molar-refractivity contribution in [2.75, 3.05) is 23.1 Å². The van der Waals surface area contributed by atoms with E-state index < -0.39 is 15.9 Å². The Hall–Kier alpha value is -3.90. The first-order valence-electron chi connectivity index (χ1n) is 11.0. The van der Waals surface area contributed by atoms with Crippen LogP contribution >= 0.6 is 0 Å². The van der Waals surface area contributed by atoms with Gasteiger partial charge in [-0.3, -0.25) is 9.52 Å². The SMILES string of the molecule is CCCCc1ccc(NS(=O)(=O)c2cccc(C(=O)NCCNc3ncccc3C#N)c2)cc1. The van der Waals surface area contributed by atoms with Crippen molar-refractivity contribution in [2.24, 2.45) is 0 Å². The molecule has 1 aromatic heterocycles. The summed E-state index contributed by atoms with van der Waals surface area (Å²) in [5, 5.41) is 14.8. The molecule has 34 heavy (non-hydrogen) atoms. The van der Waals surface area contributed by atoms with E-state index in [0.29, 0.717) is 23.6 Å². The first-order valence-corrected chi connectivity index (χ1v) is 12.5. The van der Waals surface area contributed by atoms with Crippen LogP contribution in [0.1, 0.15) is 41.3 Å². The lowest BCUT2D eigenvalue weighted by Gasteiger charge is -2.11. The van der Waals surface area contributed by atoms with Crippen LogP contribution in [0.15, 0.2) is 71.8 Å². The Morgan fingerprint density at radius 1 is 1.06 bits per heavy atom. The van der Waals surface area contributed by atoms with Gasteiger partial charge in [0, 0.05) is 30.5 Å². The van der Waals surface area contributed by atoms with E-state index in [1.165, 1.54) is 18.2 Å². The van der Waals surface area contributed by atoms with Gasteiger partial charge in [0.25, 0.3) is 15.9 Å². The molecule has 0 saturated heterocycles. The molecule has 3 aromatic rings. The van der Waals surface area contributed by atoms with Crippen molar-refractivity contribution >= 4 is 27.4 Å². The number of nitrogens with zero attached hydrogens (tertiary/aromatic N) is 2. The number of hydrogen-bond donors (Lipinski definition) is 3. The molecule has 9 heteroatoms. The van der Waals surface area contributed by atoms with Crippen LogP contribution in [0.25, 0.3) is 0 Å². The minimum absolute atomic E-state index is 0.000446. The predicted molar refractivity (Wildman–Crippen MR) is 132 cm³/mol. The molecule has 0 aliphatic carbocycles. The molecule has 176 valence electrons. The lowest BCUT2D eigenvalue weighted by atomic mass is 10.1. The molecule has 0 fully saturated rings. The topological polar surface area (TPSA) is 124 Å². The number of carbonyl (C=O) groups excluding carboxylic acids is 1. The fourth-order valence-electron chi connectivity index (χ4n) is 3.23. The highest BCUT2D eigenvalue weighted by Gasteiger charge is 2.16. The summed E-state index contributed by atoms with van der Waals surface area (Å²) >= 11 is 0. The molecule has 1 heterocycles. The van der Waals surface area contributed by atoms with Gasteiger partial charge < -0.3 is 10.6 Å². The summed E-state index contributed by atoms with van der Waals surface area (Å²) in [4.78, 5) is 16.6. The third-order valence-electron chi connectivity index (χ3n) is 5.06. The Bertz CT molecular complexity index is 1270. The third-order valence-corrected chi connectivity index (χ3v) is 6.44. The first kappa shape index (κ1) is 24.7. The highest BCUT2D eigenvalue weighted by molar-refractivity contribution is 7.92. The Morgan fingerprint density at radius 2 is 1.85 bits per heavy atom. The third kappa shape index (κ3) is 6.80. The minimum Gasteiger partial charge on any atom is -0.367 e. The van der Waals surface area contributed by atoms with Crippen molar-refractivity contribution in [1.82, 2.24) is 10.3 Å².